The SMILES string of the molecule is O=Cc1ccc(F)c(C=O)c1. The molecule has 0 saturated heterocycles. The zero-order valence-corrected chi connectivity index (χ0v) is 5.58. The Kier molecular flexibility index (Phi) is 2.11. The van der Waals surface area contributed by atoms with Gasteiger partial charge in [-0.25, -0.2) is 4.39 Å². The highest BCUT2D eigenvalue weighted by molar-refractivity contribution is 5.82. The number of aldehydes is 2. The first kappa shape index (κ1) is 7.60. The molecule has 0 bridgehead atoms. The van der Waals surface area contributed by atoms with Gasteiger partial charge in [-0.05, 0) is 18.2 Å². The highest BCUT2D eigenvalue weighted by atomic mass is 19.1. The predicted octanol–water partition coefficient (Wildman–Crippen LogP) is 1.45. The molecule has 1 aromatic rings. The first-order valence-electron chi connectivity index (χ1n) is 2.98. The summed E-state index contributed by atoms with van der Waals surface area (Å²) < 4.78 is 12.6. The van der Waals surface area contributed by atoms with Crippen LogP contribution in [0.3, 0.4) is 0 Å². The average molecular weight is 152 g/mol. The summed E-state index contributed by atoms with van der Waals surface area (Å²) >= 11 is 0. The third-order valence-corrected chi connectivity index (χ3v) is 1.28. The summed E-state index contributed by atoms with van der Waals surface area (Å²) in [5.74, 6) is -0.606. The number of benzene rings is 1. The Hall–Kier alpha value is -1.51. The first-order valence-corrected chi connectivity index (χ1v) is 2.98. The summed E-state index contributed by atoms with van der Waals surface area (Å²) in [6.07, 6.45) is 0.939. The second kappa shape index (κ2) is 3.05. The van der Waals surface area contributed by atoms with Crippen molar-refractivity contribution in [3.63, 3.8) is 0 Å². The van der Waals surface area contributed by atoms with Crippen LogP contribution in [0.4, 0.5) is 4.39 Å². The third-order valence-electron chi connectivity index (χ3n) is 1.28. The summed E-state index contributed by atoms with van der Waals surface area (Å²) in [7, 11) is 0. The topological polar surface area (TPSA) is 34.1 Å². The molecule has 0 spiro atoms. The maximum absolute atomic E-state index is 12.6. The smallest absolute Gasteiger partial charge is 0.153 e. The standard InChI is InChI=1S/C8H5FO2/c9-8-2-1-6(4-10)3-7(8)5-11/h1-5H. The molecule has 0 fully saturated rings. The summed E-state index contributed by atoms with van der Waals surface area (Å²) in [5.41, 5.74) is 0.211. The van der Waals surface area contributed by atoms with Crippen LogP contribution < -0.4 is 0 Å². The van der Waals surface area contributed by atoms with E-state index < -0.39 is 5.82 Å². The van der Waals surface area contributed by atoms with Crippen molar-refractivity contribution in [1.82, 2.24) is 0 Å². The van der Waals surface area contributed by atoms with E-state index in [1.165, 1.54) is 12.1 Å². The minimum absolute atomic E-state index is 0.0883. The van der Waals surface area contributed by atoms with Gasteiger partial charge in [0.05, 0.1) is 5.56 Å². The van der Waals surface area contributed by atoms with Crippen molar-refractivity contribution >= 4 is 12.6 Å². The minimum Gasteiger partial charge on any atom is -0.298 e. The van der Waals surface area contributed by atoms with Gasteiger partial charge in [0.2, 0.25) is 0 Å². The van der Waals surface area contributed by atoms with Crippen LogP contribution in [0, 0.1) is 5.82 Å². The molecule has 0 aromatic heterocycles. The van der Waals surface area contributed by atoms with Gasteiger partial charge in [-0.3, -0.25) is 9.59 Å². The van der Waals surface area contributed by atoms with Gasteiger partial charge in [0.1, 0.15) is 12.1 Å². The van der Waals surface area contributed by atoms with Crippen molar-refractivity contribution in [2.24, 2.45) is 0 Å². The highest BCUT2D eigenvalue weighted by Gasteiger charge is 2.00. The second-order valence-corrected chi connectivity index (χ2v) is 2.02. The Labute approximate surface area is 62.6 Å². The monoisotopic (exact) mass is 152 g/mol. The lowest BCUT2D eigenvalue weighted by atomic mass is 10.1. The van der Waals surface area contributed by atoms with E-state index in [-0.39, 0.29) is 5.56 Å². The van der Waals surface area contributed by atoms with Crippen molar-refractivity contribution in [3.05, 3.63) is 35.1 Å². The van der Waals surface area contributed by atoms with Gasteiger partial charge in [-0.1, -0.05) is 0 Å². The molecule has 0 radical (unpaired) electrons. The lowest BCUT2D eigenvalue weighted by molar-refractivity contribution is 0.111. The number of hydrogen-bond donors (Lipinski definition) is 0. The van der Waals surface area contributed by atoms with Gasteiger partial charge in [0.15, 0.2) is 6.29 Å². The molecule has 0 saturated carbocycles. The van der Waals surface area contributed by atoms with E-state index in [4.69, 9.17) is 0 Å². The normalized spacial score (nSPS) is 9.18. The second-order valence-electron chi connectivity index (χ2n) is 2.02. The molecule has 0 heterocycles. The Balaban J connectivity index is 3.22. The van der Waals surface area contributed by atoms with Gasteiger partial charge in [0.25, 0.3) is 0 Å². The van der Waals surface area contributed by atoms with Crippen LogP contribution in [-0.4, -0.2) is 12.6 Å². The lowest BCUT2D eigenvalue weighted by Crippen LogP contribution is -1.89. The summed E-state index contributed by atoms with van der Waals surface area (Å²) in [6.45, 7) is 0. The number of carbonyl (C=O) groups excluding carboxylic acids is 2. The van der Waals surface area contributed by atoms with Crippen molar-refractivity contribution in [3.8, 4) is 0 Å². The van der Waals surface area contributed by atoms with Crippen LogP contribution in [0.25, 0.3) is 0 Å². The van der Waals surface area contributed by atoms with Crippen LogP contribution in [0.2, 0.25) is 0 Å². The molecule has 2 nitrogen and oxygen atoms in total. The Bertz CT molecular complexity index is 294. The van der Waals surface area contributed by atoms with E-state index in [2.05, 4.69) is 0 Å². The average Bonchev–Trinajstić information content (AvgIpc) is 2.05. The largest absolute Gasteiger partial charge is 0.298 e. The van der Waals surface area contributed by atoms with Crippen LogP contribution in [0.1, 0.15) is 20.7 Å². The molecular formula is C8H5FO2. The molecule has 0 unspecified atom stereocenters. The van der Waals surface area contributed by atoms with E-state index in [1.54, 1.807) is 0 Å². The molecule has 0 aliphatic rings. The minimum atomic E-state index is -0.606. The molecule has 0 amide bonds. The molecule has 0 aliphatic heterocycles. The molecule has 56 valence electrons. The summed E-state index contributed by atoms with van der Waals surface area (Å²) in [4.78, 5) is 20.3. The maximum atomic E-state index is 12.6. The first-order chi connectivity index (χ1) is 5.27. The number of hydrogen-bond acceptors (Lipinski definition) is 2. The Morgan fingerprint density at radius 2 is 1.91 bits per heavy atom. The van der Waals surface area contributed by atoms with E-state index in [0.29, 0.717) is 18.1 Å². The molecular weight excluding hydrogens is 147 g/mol. The lowest BCUT2D eigenvalue weighted by Gasteiger charge is -1.93. The highest BCUT2D eigenvalue weighted by Crippen LogP contribution is 2.06. The molecule has 3 heteroatoms. The van der Waals surface area contributed by atoms with E-state index >= 15 is 0 Å². The van der Waals surface area contributed by atoms with Crippen LogP contribution in [-0.2, 0) is 0 Å². The number of carbonyl (C=O) groups is 2. The fraction of sp³-hybridized carbons (Fsp3) is 0. The molecule has 0 atom stereocenters. The Morgan fingerprint density at radius 3 is 2.45 bits per heavy atom. The van der Waals surface area contributed by atoms with Gasteiger partial charge in [0, 0.05) is 5.56 Å². The van der Waals surface area contributed by atoms with E-state index in [1.807, 2.05) is 0 Å². The van der Waals surface area contributed by atoms with Crippen LogP contribution in [0.5, 0.6) is 0 Å². The zero-order valence-electron chi connectivity index (χ0n) is 5.58. The molecule has 1 rings (SSSR count). The van der Waals surface area contributed by atoms with Gasteiger partial charge < -0.3 is 0 Å². The Morgan fingerprint density at radius 1 is 1.18 bits per heavy atom. The zero-order chi connectivity index (χ0) is 8.27. The van der Waals surface area contributed by atoms with Gasteiger partial charge in [-0.15, -0.1) is 0 Å². The van der Waals surface area contributed by atoms with Gasteiger partial charge >= 0.3 is 0 Å². The maximum Gasteiger partial charge on any atom is 0.153 e. The molecule has 11 heavy (non-hydrogen) atoms. The predicted molar refractivity (Wildman–Crippen MR) is 37.2 cm³/mol. The molecule has 0 N–H and O–H groups in total. The molecule has 1 aromatic carbocycles. The number of rotatable bonds is 2. The summed E-state index contributed by atoms with van der Waals surface area (Å²) in [6, 6.07) is 3.61. The fourth-order valence-corrected chi connectivity index (χ4v) is 0.726. The fourth-order valence-electron chi connectivity index (χ4n) is 0.726. The molecule has 0 aliphatic carbocycles. The summed E-state index contributed by atoms with van der Waals surface area (Å²) in [5, 5.41) is 0. The van der Waals surface area contributed by atoms with Crippen molar-refractivity contribution < 1.29 is 14.0 Å². The van der Waals surface area contributed by atoms with Crippen LogP contribution >= 0.6 is 0 Å². The van der Waals surface area contributed by atoms with Crippen molar-refractivity contribution in [1.29, 1.82) is 0 Å². The van der Waals surface area contributed by atoms with E-state index in [0.717, 1.165) is 6.07 Å². The van der Waals surface area contributed by atoms with Gasteiger partial charge in [-0.2, -0.15) is 0 Å². The third kappa shape index (κ3) is 1.49. The van der Waals surface area contributed by atoms with Crippen molar-refractivity contribution in [2.75, 3.05) is 0 Å². The quantitative estimate of drug-likeness (QED) is 0.601. The van der Waals surface area contributed by atoms with Crippen LogP contribution in [0.15, 0.2) is 18.2 Å². The van der Waals surface area contributed by atoms with E-state index in [9.17, 15) is 14.0 Å². The number of halogens is 1. The van der Waals surface area contributed by atoms with Crippen molar-refractivity contribution in [2.45, 2.75) is 0 Å².